The van der Waals surface area contributed by atoms with Crippen molar-refractivity contribution in [1.82, 2.24) is 0 Å². The molecule has 0 aliphatic heterocycles. The molecule has 0 spiro atoms. The Balaban J connectivity index is 2.56. The van der Waals surface area contributed by atoms with Gasteiger partial charge in [0.05, 0.1) is 21.7 Å². The molecule has 2 aromatic rings. The molecule has 0 heterocycles. The molecule has 0 aliphatic carbocycles. The molecular weight excluding hydrogens is 260 g/mol. The lowest BCUT2D eigenvalue weighted by molar-refractivity contribution is 0.628. The van der Waals surface area contributed by atoms with Gasteiger partial charge in [0.15, 0.2) is 0 Å². The molecule has 0 saturated carbocycles. The van der Waals surface area contributed by atoms with Gasteiger partial charge in [-0.05, 0) is 41.5 Å². The SMILES string of the molecule is N#Cc1cc(F)cc(-c2ccc(Cl)c(Cl)c2)c1. The lowest BCUT2D eigenvalue weighted by Gasteiger charge is -2.04. The van der Waals surface area contributed by atoms with E-state index in [0.29, 0.717) is 15.6 Å². The van der Waals surface area contributed by atoms with E-state index in [1.54, 1.807) is 24.3 Å². The lowest BCUT2D eigenvalue weighted by Crippen LogP contribution is -1.84. The standard InChI is InChI=1S/C13H6Cl2FN/c14-12-2-1-9(6-13(12)15)10-3-8(7-17)4-11(16)5-10/h1-6H. The molecule has 0 amide bonds. The molecule has 2 rings (SSSR count). The van der Waals surface area contributed by atoms with E-state index in [1.165, 1.54) is 12.1 Å². The Hall–Kier alpha value is -1.56. The normalized spacial score (nSPS) is 10.0. The Labute approximate surface area is 108 Å². The quantitative estimate of drug-likeness (QED) is 0.735. The zero-order valence-corrected chi connectivity index (χ0v) is 10.1. The van der Waals surface area contributed by atoms with Gasteiger partial charge < -0.3 is 0 Å². The number of hydrogen-bond donors (Lipinski definition) is 0. The van der Waals surface area contributed by atoms with E-state index in [9.17, 15) is 4.39 Å². The predicted molar refractivity (Wildman–Crippen MR) is 66.6 cm³/mol. The minimum atomic E-state index is -0.454. The van der Waals surface area contributed by atoms with Crippen LogP contribution in [0.4, 0.5) is 4.39 Å². The van der Waals surface area contributed by atoms with Crippen molar-refractivity contribution >= 4 is 23.2 Å². The molecule has 2 aromatic carbocycles. The molecule has 0 unspecified atom stereocenters. The van der Waals surface area contributed by atoms with Gasteiger partial charge in [-0.2, -0.15) is 5.26 Å². The molecule has 1 nitrogen and oxygen atoms in total. The predicted octanol–water partition coefficient (Wildman–Crippen LogP) is 4.67. The highest BCUT2D eigenvalue weighted by molar-refractivity contribution is 6.42. The van der Waals surface area contributed by atoms with Crippen molar-refractivity contribution in [1.29, 1.82) is 5.26 Å². The smallest absolute Gasteiger partial charge is 0.125 e. The van der Waals surface area contributed by atoms with Gasteiger partial charge in [0.1, 0.15) is 5.82 Å². The third kappa shape index (κ3) is 2.58. The third-order valence-electron chi connectivity index (χ3n) is 2.28. The van der Waals surface area contributed by atoms with E-state index in [4.69, 9.17) is 28.5 Å². The number of hydrogen-bond acceptors (Lipinski definition) is 1. The van der Waals surface area contributed by atoms with Crippen LogP contribution in [0.5, 0.6) is 0 Å². The first kappa shape index (κ1) is 11.9. The van der Waals surface area contributed by atoms with Crippen LogP contribution in [0.3, 0.4) is 0 Å². The third-order valence-corrected chi connectivity index (χ3v) is 3.02. The van der Waals surface area contributed by atoms with E-state index in [0.717, 1.165) is 5.56 Å². The van der Waals surface area contributed by atoms with E-state index in [-0.39, 0.29) is 5.56 Å². The lowest BCUT2D eigenvalue weighted by atomic mass is 10.0. The summed E-state index contributed by atoms with van der Waals surface area (Å²) in [6.07, 6.45) is 0. The maximum atomic E-state index is 13.3. The van der Waals surface area contributed by atoms with Crippen molar-refractivity contribution in [3.63, 3.8) is 0 Å². The summed E-state index contributed by atoms with van der Waals surface area (Å²) >= 11 is 11.7. The molecule has 84 valence electrons. The zero-order valence-electron chi connectivity index (χ0n) is 8.55. The number of halogens is 3. The molecule has 0 N–H and O–H groups in total. The highest BCUT2D eigenvalue weighted by atomic mass is 35.5. The fourth-order valence-corrected chi connectivity index (χ4v) is 1.79. The minimum Gasteiger partial charge on any atom is -0.207 e. The average Bonchev–Trinajstić information content (AvgIpc) is 2.32. The molecule has 0 aliphatic rings. The van der Waals surface area contributed by atoms with Crippen molar-refractivity contribution in [2.75, 3.05) is 0 Å². The Morgan fingerprint density at radius 3 is 2.35 bits per heavy atom. The van der Waals surface area contributed by atoms with Crippen LogP contribution in [0.15, 0.2) is 36.4 Å². The summed E-state index contributed by atoms with van der Waals surface area (Å²) in [5.41, 5.74) is 1.58. The molecule has 0 aromatic heterocycles. The molecule has 0 radical (unpaired) electrons. The van der Waals surface area contributed by atoms with Crippen LogP contribution in [-0.4, -0.2) is 0 Å². The van der Waals surface area contributed by atoms with Gasteiger partial charge in [-0.1, -0.05) is 29.3 Å². The second kappa shape index (κ2) is 4.75. The Morgan fingerprint density at radius 2 is 1.71 bits per heavy atom. The van der Waals surface area contributed by atoms with Crippen LogP contribution in [-0.2, 0) is 0 Å². The van der Waals surface area contributed by atoms with Crippen LogP contribution >= 0.6 is 23.2 Å². The Bertz CT molecular complexity index is 617. The first-order valence-electron chi connectivity index (χ1n) is 4.76. The van der Waals surface area contributed by atoms with Crippen molar-refractivity contribution in [2.24, 2.45) is 0 Å². The molecule has 0 fully saturated rings. The maximum Gasteiger partial charge on any atom is 0.125 e. The summed E-state index contributed by atoms with van der Waals surface area (Å²) < 4.78 is 13.3. The largest absolute Gasteiger partial charge is 0.207 e. The topological polar surface area (TPSA) is 23.8 Å². The highest BCUT2D eigenvalue weighted by Gasteiger charge is 2.05. The summed E-state index contributed by atoms with van der Waals surface area (Å²) in [6, 6.07) is 11.0. The highest BCUT2D eigenvalue weighted by Crippen LogP contribution is 2.29. The van der Waals surface area contributed by atoms with Gasteiger partial charge in [-0.15, -0.1) is 0 Å². The van der Waals surface area contributed by atoms with Gasteiger partial charge in [0.25, 0.3) is 0 Å². The van der Waals surface area contributed by atoms with Crippen molar-refractivity contribution in [3.8, 4) is 17.2 Å². The minimum absolute atomic E-state index is 0.270. The van der Waals surface area contributed by atoms with E-state index in [2.05, 4.69) is 0 Å². The van der Waals surface area contributed by atoms with Crippen LogP contribution < -0.4 is 0 Å². The molecule has 17 heavy (non-hydrogen) atoms. The summed E-state index contributed by atoms with van der Waals surface area (Å²) in [5, 5.41) is 9.60. The van der Waals surface area contributed by atoms with Crippen LogP contribution in [0.2, 0.25) is 10.0 Å². The van der Waals surface area contributed by atoms with E-state index < -0.39 is 5.82 Å². The first-order valence-corrected chi connectivity index (χ1v) is 5.52. The zero-order chi connectivity index (χ0) is 12.4. The fraction of sp³-hybridized carbons (Fsp3) is 0. The van der Waals surface area contributed by atoms with E-state index >= 15 is 0 Å². The van der Waals surface area contributed by atoms with Gasteiger partial charge in [-0.3, -0.25) is 0 Å². The molecular formula is C13H6Cl2FN. The molecule has 0 atom stereocenters. The molecule has 0 saturated heterocycles. The molecule has 4 heteroatoms. The Kier molecular flexibility index (Phi) is 3.33. The number of benzene rings is 2. The number of nitriles is 1. The van der Waals surface area contributed by atoms with Gasteiger partial charge in [-0.25, -0.2) is 4.39 Å². The van der Waals surface area contributed by atoms with E-state index in [1.807, 2.05) is 6.07 Å². The first-order chi connectivity index (χ1) is 8.10. The van der Waals surface area contributed by atoms with Gasteiger partial charge in [0.2, 0.25) is 0 Å². The summed E-state index contributed by atoms with van der Waals surface area (Å²) in [6.45, 7) is 0. The second-order valence-corrected chi connectivity index (χ2v) is 4.28. The van der Waals surface area contributed by atoms with Crippen molar-refractivity contribution in [2.45, 2.75) is 0 Å². The Morgan fingerprint density at radius 1 is 0.941 bits per heavy atom. The van der Waals surface area contributed by atoms with Crippen molar-refractivity contribution < 1.29 is 4.39 Å². The van der Waals surface area contributed by atoms with Crippen molar-refractivity contribution in [3.05, 3.63) is 57.8 Å². The summed E-state index contributed by atoms with van der Waals surface area (Å²) in [7, 11) is 0. The number of nitrogens with zero attached hydrogens (tertiary/aromatic N) is 1. The average molecular weight is 266 g/mol. The van der Waals surface area contributed by atoms with Gasteiger partial charge in [0, 0.05) is 0 Å². The monoisotopic (exact) mass is 265 g/mol. The maximum absolute atomic E-state index is 13.3. The van der Waals surface area contributed by atoms with Crippen LogP contribution in [0.1, 0.15) is 5.56 Å². The van der Waals surface area contributed by atoms with Crippen LogP contribution in [0, 0.1) is 17.1 Å². The summed E-state index contributed by atoms with van der Waals surface area (Å²) in [5.74, 6) is -0.454. The second-order valence-electron chi connectivity index (χ2n) is 3.47. The molecule has 0 bridgehead atoms. The summed E-state index contributed by atoms with van der Waals surface area (Å²) in [4.78, 5) is 0. The van der Waals surface area contributed by atoms with Crippen LogP contribution in [0.25, 0.3) is 11.1 Å². The number of rotatable bonds is 1. The van der Waals surface area contributed by atoms with Gasteiger partial charge >= 0.3 is 0 Å². The fourth-order valence-electron chi connectivity index (χ4n) is 1.50.